The highest BCUT2D eigenvalue weighted by atomic mass is 35.5. The van der Waals surface area contributed by atoms with Crippen molar-refractivity contribution in [1.82, 2.24) is 15.1 Å². The standard InChI is InChI=1S/C25H32ClN3.C2HF3O2/c1-18-12-13-20(19(2)15-18)9-8-14-27-16-21-17-29(28-24(21)25(3,4)5)23-11-7-6-10-22(23)26;3-2(4,5)1(6)7/h6-7,10-13,15,17,27H,8-9,14,16H2,1-5H3;(H,6,7). The maximum Gasteiger partial charge on any atom is 0.490 e. The van der Waals surface area contributed by atoms with Crippen molar-refractivity contribution in [3.05, 3.63) is 81.6 Å². The summed E-state index contributed by atoms with van der Waals surface area (Å²) < 4.78 is 33.6. The normalized spacial score (nSPS) is 11.7. The van der Waals surface area contributed by atoms with Gasteiger partial charge in [-0.2, -0.15) is 18.3 Å². The summed E-state index contributed by atoms with van der Waals surface area (Å²) in [6, 6.07) is 14.6. The van der Waals surface area contributed by atoms with Gasteiger partial charge in [-0.05, 0) is 56.5 Å². The zero-order valence-corrected chi connectivity index (χ0v) is 22.0. The Labute approximate surface area is 215 Å². The second kappa shape index (κ2) is 12.4. The number of halogens is 4. The Hall–Kier alpha value is -2.84. The second-order valence-corrected chi connectivity index (χ2v) is 10.1. The van der Waals surface area contributed by atoms with Crippen LogP contribution in [-0.2, 0) is 23.2 Å². The van der Waals surface area contributed by atoms with E-state index in [-0.39, 0.29) is 5.41 Å². The van der Waals surface area contributed by atoms with Crippen molar-refractivity contribution in [3.8, 4) is 5.69 Å². The van der Waals surface area contributed by atoms with Crippen molar-refractivity contribution in [3.63, 3.8) is 0 Å². The molecule has 0 aliphatic rings. The zero-order chi connectivity index (χ0) is 27.1. The molecule has 1 heterocycles. The molecule has 0 atom stereocenters. The van der Waals surface area contributed by atoms with Gasteiger partial charge in [-0.3, -0.25) is 0 Å². The number of nitrogens with zero attached hydrogens (tertiary/aromatic N) is 2. The molecule has 0 saturated heterocycles. The quantitative estimate of drug-likeness (QED) is 0.334. The van der Waals surface area contributed by atoms with Gasteiger partial charge in [-0.25, -0.2) is 9.48 Å². The SMILES string of the molecule is Cc1ccc(CCCNCc2cn(-c3ccccc3Cl)nc2C(C)(C)C)c(C)c1.O=C(O)C(F)(F)F. The molecule has 0 unspecified atom stereocenters. The van der Waals surface area contributed by atoms with Gasteiger partial charge in [-0.15, -0.1) is 0 Å². The predicted molar refractivity (Wildman–Crippen MR) is 137 cm³/mol. The van der Waals surface area contributed by atoms with Crippen LogP contribution in [0.5, 0.6) is 0 Å². The molecule has 3 aromatic rings. The van der Waals surface area contributed by atoms with Crippen LogP contribution in [0.25, 0.3) is 5.69 Å². The van der Waals surface area contributed by atoms with Gasteiger partial charge in [-0.1, -0.05) is 68.3 Å². The van der Waals surface area contributed by atoms with E-state index in [1.807, 2.05) is 28.9 Å². The lowest BCUT2D eigenvalue weighted by Gasteiger charge is -2.17. The molecule has 0 radical (unpaired) electrons. The molecule has 36 heavy (non-hydrogen) atoms. The van der Waals surface area contributed by atoms with Crippen LogP contribution in [0.1, 0.15) is 55.1 Å². The van der Waals surface area contributed by atoms with Crippen molar-refractivity contribution in [1.29, 1.82) is 0 Å². The van der Waals surface area contributed by atoms with Gasteiger partial charge in [0.05, 0.1) is 16.4 Å². The van der Waals surface area contributed by atoms with E-state index in [2.05, 4.69) is 64.3 Å². The monoisotopic (exact) mass is 523 g/mol. The number of aryl methyl sites for hydroxylation is 3. The number of alkyl halides is 3. The van der Waals surface area contributed by atoms with E-state index in [0.717, 1.165) is 37.3 Å². The summed E-state index contributed by atoms with van der Waals surface area (Å²) in [5, 5.41) is 16.3. The van der Waals surface area contributed by atoms with Gasteiger partial charge < -0.3 is 10.4 Å². The van der Waals surface area contributed by atoms with Crippen molar-refractivity contribution >= 4 is 17.6 Å². The Bertz CT molecular complexity index is 1170. The summed E-state index contributed by atoms with van der Waals surface area (Å²) in [4.78, 5) is 8.90. The number of hydrogen-bond acceptors (Lipinski definition) is 3. The van der Waals surface area contributed by atoms with Crippen LogP contribution in [-0.4, -0.2) is 33.6 Å². The summed E-state index contributed by atoms with van der Waals surface area (Å²) in [6.07, 6.45) is -0.754. The molecule has 196 valence electrons. The molecule has 2 aromatic carbocycles. The van der Waals surface area contributed by atoms with E-state index in [1.165, 1.54) is 22.3 Å². The van der Waals surface area contributed by atoms with Crippen molar-refractivity contribution in [2.24, 2.45) is 0 Å². The van der Waals surface area contributed by atoms with Gasteiger partial charge in [0.2, 0.25) is 0 Å². The zero-order valence-electron chi connectivity index (χ0n) is 21.2. The highest BCUT2D eigenvalue weighted by Crippen LogP contribution is 2.27. The third kappa shape index (κ3) is 8.68. The number of carboxylic acid groups (broad SMARTS) is 1. The van der Waals surface area contributed by atoms with Crippen molar-refractivity contribution < 1.29 is 23.1 Å². The molecule has 5 nitrogen and oxygen atoms in total. The number of carbonyl (C=O) groups is 1. The van der Waals surface area contributed by atoms with Crippen LogP contribution in [0, 0.1) is 13.8 Å². The first-order chi connectivity index (χ1) is 16.7. The van der Waals surface area contributed by atoms with Crippen LogP contribution < -0.4 is 5.32 Å². The smallest absolute Gasteiger partial charge is 0.475 e. The summed E-state index contributed by atoms with van der Waals surface area (Å²) in [5.74, 6) is -2.76. The Morgan fingerprint density at radius 1 is 1.08 bits per heavy atom. The van der Waals surface area contributed by atoms with E-state index in [0.29, 0.717) is 5.02 Å². The molecular formula is C27H33ClF3N3O2. The molecule has 0 amide bonds. The van der Waals surface area contributed by atoms with Crippen LogP contribution in [0.2, 0.25) is 5.02 Å². The fourth-order valence-corrected chi connectivity index (χ4v) is 3.91. The van der Waals surface area contributed by atoms with Gasteiger partial charge in [0, 0.05) is 23.7 Å². The van der Waals surface area contributed by atoms with Gasteiger partial charge in [0.1, 0.15) is 0 Å². The molecular weight excluding hydrogens is 491 g/mol. The van der Waals surface area contributed by atoms with E-state index in [1.54, 1.807) is 0 Å². The van der Waals surface area contributed by atoms with Crippen molar-refractivity contribution in [2.75, 3.05) is 6.54 Å². The Morgan fingerprint density at radius 3 is 2.28 bits per heavy atom. The van der Waals surface area contributed by atoms with Crippen molar-refractivity contribution in [2.45, 2.75) is 65.6 Å². The third-order valence-electron chi connectivity index (χ3n) is 5.46. The largest absolute Gasteiger partial charge is 0.490 e. The Kier molecular flexibility index (Phi) is 10.1. The lowest BCUT2D eigenvalue weighted by atomic mass is 9.89. The van der Waals surface area contributed by atoms with Crippen LogP contribution in [0.4, 0.5) is 13.2 Å². The number of carboxylic acids is 1. The number of para-hydroxylation sites is 1. The van der Waals surface area contributed by atoms with Crippen LogP contribution in [0.15, 0.2) is 48.7 Å². The summed E-state index contributed by atoms with van der Waals surface area (Å²) in [7, 11) is 0. The lowest BCUT2D eigenvalue weighted by molar-refractivity contribution is -0.192. The topological polar surface area (TPSA) is 67.2 Å². The van der Waals surface area contributed by atoms with E-state index in [9.17, 15) is 13.2 Å². The minimum Gasteiger partial charge on any atom is -0.475 e. The molecule has 1 aromatic heterocycles. The summed E-state index contributed by atoms with van der Waals surface area (Å²) in [6.45, 7) is 12.8. The van der Waals surface area contributed by atoms with E-state index < -0.39 is 12.1 Å². The molecule has 0 spiro atoms. The van der Waals surface area contributed by atoms with Crippen LogP contribution in [0.3, 0.4) is 0 Å². The van der Waals surface area contributed by atoms with E-state index >= 15 is 0 Å². The number of aliphatic carboxylic acids is 1. The fourth-order valence-electron chi connectivity index (χ4n) is 3.68. The first kappa shape index (κ1) is 29.4. The number of rotatable bonds is 7. The minimum absolute atomic E-state index is 0.0253. The fraction of sp³-hybridized carbons (Fsp3) is 0.407. The van der Waals surface area contributed by atoms with E-state index in [4.69, 9.17) is 26.6 Å². The molecule has 0 bridgehead atoms. The molecule has 3 rings (SSSR count). The highest BCUT2D eigenvalue weighted by Gasteiger charge is 2.38. The first-order valence-electron chi connectivity index (χ1n) is 11.6. The number of nitrogens with one attached hydrogen (secondary N) is 1. The van der Waals surface area contributed by atoms with Crippen LogP contribution >= 0.6 is 11.6 Å². The summed E-state index contributed by atoms with van der Waals surface area (Å²) in [5.41, 5.74) is 7.39. The second-order valence-electron chi connectivity index (χ2n) is 9.66. The summed E-state index contributed by atoms with van der Waals surface area (Å²) >= 11 is 6.38. The average molecular weight is 524 g/mol. The molecule has 0 aliphatic heterocycles. The molecule has 9 heteroatoms. The number of benzene rings is 2. The van der Waals surface area contributed by atoms with Gasteiger partial charge in [0.15, 0.2) is 0 Å². The molecule has 0 saturated carbocycles. The Balaban J connectivity index is 0.000000572. The van der Waals surface area contributed by atoms with Gasteiger partial charge in [0.25, 0.3) is 0 Å². The lowest BCUT2D eigenvalue weighted by Crippen LogP contribution is -2.21. The molecule has 2 N–H and O–H groups in total. The Morgan fingerprint density at radius 2 is 1.72 bits per heavy atom. The molecule has 0 fully saturated rings. The third-order valence-corrected chi connectivity index (χ3v) is 5.78. The minimum atomic E-state index is -5.08. The highest BCUT2D eigenvalue weighted by molar-refractivity contribution is 6.32. The average Bonchev–Trinajstić information content (AvgIpc) is 3.19. The maximum atomic E-state index is 10.6. The van der Waals surface area contributed by atoms with Gasteiger partial charge >= 0.3 is 12.1 Å². The number of hydrogen-bond donors (Lipinski definition) is 2. The first-order valence-corrected chi connectivity index (χ1v) is 12.0. The predicted octanol–water partition coefficient (Wildman–Crippen LogP) is 6.80. The number of aromatic nitrogens is 2. The maximum absolute atomic E-state index is 10.6. The molecule has 0 aliphatic carbocycles.